The number of hydrogen-bond donors (Lipinski definition) is 1. The van der Waals surface area contributed by atoms with Crippen LogP contribution < -0.4 is 18.9 Å². The molecule has 0 fully saturated rings. The molecule has 7 heteroatoms. The molecule has 0 heterocycles. The lowest BCUT2D eigenvalue weighted by molar-refractivity contribution is 0.310. The largest absolute Gasteiger partial charge is 0.494 e. The fraction of sp³-hybridized carbons (Fsp3) is 0.333. The zero-order valence-electron chi connectivity index (χ0n) is 14.6. The van der Waals surface area contributed by atoms with Crippen molar-refractivity contribution in [1.29, 1.82) is 0 Å². The van der Waals surface area contributed by atoms with E-state index in [1.54, 1.807) is 37.4 Å². The molecule has 0 bridgehead atoms. The number of ether oxygens (including phenoxy) is 3. The van der Waals surface area contributed by atoms with Gasteiger partial charge in [0.25, 0.3) is 0 Å². The van der Waals surface area contributed by atoms with Crippen LogP contribution in [0.3, 0.4) is 0 Å². The predicted octanol–water partition coefficient (Wildman–Crippen LogP) is 2.97. The van der Waals surface area contributed by atoms with Gasteiger partial charge in [0.2, 0.25) is 10.0 Å². The minimum absolute atomic E-state index is 0.152. The van der Waals surface area contributed by atoms with Crippen LogP contribution in [0.2, 0.25) is 0 Å². The molecule has 0 unspecified atom stereocenters. The second-order valence-corrected chi connectivity index (χ2v) is 6.91. The van der Waals surface area contributed by atoms with Crippen molar-refractivity contribution in [2.45, 2.75) is 25.3 Å². The predicted molar refractivity (Wildman–Crippen MR) is 95.8 cm³/mol. The summed E-state index contributed by atoms with van der Waals surface area (Å²) in [6.07, 6.45) is 0. The van der Waals surface area contributed by atoms with Crippen LogP contribution >= 0.6 is 0 Å². The van der Waals surface area contributed by atoms with E-state index in [0.29, 0.717) is 30.5 Å². The maximum absolute atomic E-state index is 12.4. The lowest BCUT2D eigenvalue weighted by atomic mass is 10.2. The molecule has 0 aliphatic heterocycles. The minimum Gasteiger partial charge on any atom is -0.494 e. The Morgan fingerprint density at radius 3 is 2.20 bits per heavy atom. The highest BCUT2D eigenvalue weighted by molar-refractivity contribution is 7.89. The zero-order chi connectivity index (χ0) is 18.3. The first-order valence-electron chi connectivity index (χ1n) is 8.02. The van der Waals surface area contributed by atoms with Gasteiger partial charge in [-0.25, -0.2) is 13.1 Å². The monoisotopic (exact) mass is 365 g/mol. The Bertz CT molecular complexity index is 788. The molecule has 2 rings (SSSR count). The Hall–Kier alpha value is -2.25. The fourth-order valence-corrected chi connectivity index (χ4v) is 3.26. The molecule has 0 radical (unpaired) electrons. The molecule has 0 aliphatic rings. The van der Waals surface area contributed by atoms with Crippen LogP contribution in [0, 0.1) is 0 Å². The molecule has 0 amide bonds. The second kappa shape index (κ2) is 8.73. The van der Waals surface area contributed by atoms with Gasteiger partial charge in [0.15, 0.2) is 11.5 Å². The first kappa shape index (κ1) is 19.1. The highest BCUT2D eigenvalue weighted by Crippen LogP contribution is 2.28. The molecule has 2 aromatic rings. The van der Waals surface area contributed by atoms with E-state index < -0.39 is 10.0 Å². The van der Waals surface area contributed by atoms with E-state index in [0.717, 1.165) is 5.56 Å². The highest BCUT2D eigenvalue weighted by Gasteiger charge is 2.14. The number of nitrogens with one attached hydrogen (secondary N) is 1. The fourth-order valence-electron chi connectivity index (χ4n) is 2.24. The number of hydrogen-bond acceptors (Lipinski definition) is 5. The summed E-state index contributed by atoms with van der Waals surface area (Å²) in [6, 6.07) is 11.6. The third-order valence-electron chi connectivity index (χ3n) is 3.44. The maximum atomic E-state index is 12.4. The van der Waals surface area contributed by atoms with Crippen LogP contribution in [0.4, 0.5) is 0 Å². The molecular formula is C18H23NO5S. The molecule has 0 saturated heterocycles. The van der Waals surface area contributed by atoms with Gasteiger partial charge in [0.05, 0.1) is 25.2 Å². The second-order valence-electron chi connectivity index (χ2n) is 5.15. The minimum atomic E-state index is -3.61. The number of sulfonamides is 1. The van der Waals surface area contributed by atoms with E-state index in [1.165, 1.54) is 12.1 Å². The summed E-state index contributed by atoms with van der Waals surface area (Å²) in [7, 11) is -2.05. The third-order valence-corrected chi connectivity index (χ3v) is 4.86. The Labute approximate surface area is 148 Å². The molecule has 0 aliphatic carbocycles. The lowest BCUT2D eigenvalue weighted by Gasteiger charge is -2.12. The van der Waals surface area contributed by atoms with Gasteiger partial charge in [-0.05, 0) is 55.8 Å². The quantitative estimate of drug-likeness (QED) is 0.739. The Morgan fingerprint density at radius 1 is 0.920 bits per heavy atom. The van der Waals surface area contributed by atoms with Crippen molar-refractivity contribution >= 4 is 10.0 Å². The number of methoxy groups -OCH3 is 1. The molecule has 25 heavy (non-hydrogen) atoms. The average Bonchev–Trinajstić information content (AvgIpc) is 2.61. The summed E-state index contributed by atoms with van der Waals surface area (Å²) in [5.74, 6) is 1.83. The van der Waals surface area contributed by atoms with Crippen LogP contribution in [-0.2, 0) is 16.6 Å². The van der Waals surface area contributed by atoms with E-state index in [9.17, 15) is 8.42 Å². The standard InChI is InChI=1S/C18H23NO5S/c1-4-23-15-7-9-16(10-8-15)25(20,21)19-13-14-6-11-17(22-3)18(12-14)24-5-2/h6-12,19H,4-5,13H2,1-3H3. The molecule has 1 N–H and O–H groups in total. The van der Waals surface area contributed by atoms with Gasteiger partial charge in [-0.15, -0.1) is 0 Å². The van der Waals surface area contributed by atoms with Gasteiger partial charge in [-0.3, -0.25) is 0 Å². The normalized spacial score (nSPS) is 11.2. The van der Waals surface area contributed by atoms with Crippen molar-refractivity contribution in [2.24, 2.45) is 0 Å². The highest BCUT2D eigenvalue weighted by atomic mass is 32.2. The average molecular weight is 365 g/mol. The van der Waals surface area contributed by atoms with Gasteiger partial charge >= 0.3 is 0 Å². The Balaban J connectivity index is 2.09. The first-order valence-corrected chi connectivity index (χ1v) is 9.50. The van der Waals surface area contributed by atoms with Crippen LogP contribution in [0.25, 0.3) is 0 Å². The molecule has 0 saturated carbocycles. The van der Waals surface area contributed by atoms with E-state index in [1.807, 2.05) is 13.8 Å². The SMILES string of the molecule is CCOc1ccc(S(=O)(=O)NCc2ccc(OC)c(OCC)c2)cc1. The van der Waals surface area contributed by atoms with Gasteiger partial charge < -0.3 is 14.2 Å². The summed E-state index contributed by atoms with van der Waals surface area (Å²) in [5, 5.41) is 0. The molecule has 136 valence electrons. The van der Waals surface area contributed by atoms with Crippen molar-refractivity contribution < 1.29 is 22.6 Å². The molecule has 6 nitrogen and oxygen atoms in total. The van der Waals surface area contributed by atoms with Gasteiger partial charge in [0.1, 0.15) is 5.75 Å². The van der Waals surface area contributed by atoms with Crippen LogP contribution in [0.15, 0.2) is 47.4 Å². The van der Waals surface area contributed by atoms with Crippen molar-refractivity contribution in [3.05, 3.63) is 48.0 Å². The zero-order valence-corrected chi connectivity index (χ0v) is 15.4. The van der Waals surface area contributed by atoms with Crippen molar-refractivity contribution in [2.75, 3.05) is 20.3 Å². The molecular weight excluding hydrogens is 342 g/mol. The first-order chi connectivity index (χ1) is 12.0. The van der Waals surface area contributed by atoms with Gasteiger partial charge in [-0.1, -0.05) is 6.07 Å². The maximum Gasteiger partial charge on any atom is 0.240 e. The summed E-state index contributed by atoms with van der Waals surface area (Å²) in [6.45, 7) is 4.93. The van der Waals surface area contributed by atoms with Gasteiger partial charge in [-0.2, -0.15) is 0 Å². The van der Waals surface area contributed by atoms with E-state index >= 15 is 0 Å². The van der Waals surface area contributed by atoms with Gasteiger partial charge in [0, 0.05) is 6.54 Å². The molecule has 0 atom stereocenters. The molecule has 2 aromatic carbocycles. The Morgan fingerprint density at radius 2 is 1.60 bits per heavy atom. The topological polar surface area (TPSA) is 73.9 Å². The number of benzene rings is 2. The lowest BCUT2D eigenvalue weighted by Crippen LogP contribution is -2.23. The van der Waals surface area contributed by atoms with Crippen LogP contribution in [0.1, 0.15) is 19.4 Å². The number of rotatable bonds is 9. The summed E-state index contributed by atoms with van der Waals surface area (Å²) in [4.78, 5) is 0.189. The summed E-state index contributed by atoms with van der Waals surface area (Å²) < 4.78 is 43.4. The summed E-state index contributed by atoms with van der Waals surface area (Å²) >= 11 is 0. The molecule has 0 aromatic heterocycles. The van der Waals surface area contributed by atoms with Crippen molar-refractivity contribution in [3.63, 3.8) is 0 Å². The van der Waals surface area contributed by atoms with E-state index in [4.69, 9.17) is 14.2 Å². The van der Waals surface area contributed by atoms with Crippen molar-refractivity contribution in [3.8, 4) is 17.2 Å². The van der Waals surface area contributed by atoms with Crippen LogP contribution in [0.5, 0.6) is 17.2 Å². The van der Waals surface area contributed by atoms with E-state index in [2.05, 4.69) is 4.72 Å². The van der Waals surface area contributed by atoms with Crippen LogP contribution in [-0.4, -0.2) is 28.7 Å². The Kier molecular flexibility index (Phi) is 6.66. The summed E-state index contributed by atoms with van der Waals surface area (Å²) in [5.41, 5.74) is 0.777. The third kappa shape index (κ3) is 5.11. The molecule has 0 spiro atoms. The van der Waals surface area contributed by atoms with E-state index in [-0.39, 0.29) is 11.4 Å². The smallest absolute Gasteiger partial charge is 0.240 e. The van der Waals surface area contributed by atoms with Crippen molar-refractivity contribution in [1.82, 2.24) is 4.72 Å².